The standard InChI is InChI=1S/C22H30O8/c1-4-5-18-10-25-22(26-11-18)29-14-20(15-30-22)7-16(2)6-19-12-27-21(28-13-19)23-8-17(3)9-24-21/h4,6,18,20H,1-3,5,7-15H2. The molecule has 0 aromatic rings. The fourth-order valence-corrected chi connectivity index (χ4v) is 3.59. The van der Waals surface area contributed by atoms with E-state index in [1.54, 1.807) is 0 Å². The van der Waals surface area contributed by atoms with Crippen LogP contribution in [0.15, 0.2) is 48.6 Å². The molecule has 0 N–H and O–H groups in total. The van der Waals surface area contributed by atoms with E-state index in [1.165, 1.54) is 0 Å². The van der Waals surface area contributed by atoms with Crippen molar-refractivity contribution in [3.8, 4) is 0 Å². The molecule has 4 aliphatic heterocycles. The second kappa shape index (κ2) is 9.42. The van der Waals surface area contributed by atoms with Gasteiger partial charge >= 0.3 is 12.3 Å². The third-order valence-corrected chi connectivity index (χ3v) is 5.22. The summed E-state index contributed by atoms with van der Waals surface area (Å²) < 4.78 is 45.2. The van der Waals surface area contributed by atoms with Gasteiger partial charge in [0.05, 0.1) is 52.9 Å². The predicted octanol–water partition coefficient (Wildman–Crippen LogP) is 2.63. The van der Waals surface area contributed by atoms with Gasteiger partial charge in [-0.3, -0.25) is 18.9 Å². The highest BCUT2D eigenvalue weighted by Gasteiger charge is 2.45. The van der Waals surface area contributed by atoms with Gasteiger partial charge in [-0.2, -0.15) is 0 Å². The summed E-state index contributed by atoms with van der Waals surface area (Å²) in [5, 5.41) is 0. The van der Waals surface area contributed by atoms with E-state index in [4.69, 9.17) is 37.9 Å². The van der Waals surface area contributed by atoms with E-state index < -0.39 is 12.3 Å². The van der Waals surface area contributed by atoms with Crippen molar-refractivity contribution in [3.05, 3.63) is 48.6 Å². The van der Waals surface area contributed by atoms with Crippen molar-refractivity contribution in [3.63, 3.8) is 0 Å². The molecule has 4 saturated heterocycles. The molecule has 0 aromatic heterocycles. The first kappa shape index (κ1) is 21.9. The molecule has 4 fully saturated rings. The topological polar surface area (TPSA) is 73.8 Å². The Balaban J connectivity index is 1.19. The average molecular weight is 422 g/mol. The van der Waals surface area contributed by atoms with Gasteiger partial charge in [-0.1, -0.05) is 30.9 Å². The van der Waals surface area contributed by atoms with Crippen LogP contribution in [0.1, 0.15) is 12.8 Å². The summed E-state index contributed by atoms with van der Waals surface area (Å²) in [6.45, 7) is 15.1. The molecule has 4 heterocycles. The van der Waals surface area contributed by atoms with Crippen molar-refractivity contribution in [1.82, 2.24) is 0 Å². The predicted molar refractivity (Wildman–Crippen MR) is 106 cm³/mol. The SMILES string of the molecule is C=CCC1COC2(OC1)OCC(CC(=C)C=C1COC3(OCC(=C)CO3)OC1)CO2. The smallest absolute Gasteiger partial charge is 0.303 e. The molecule has 4 rings (SSSR count). The molecule has 4 aliphatic rings. The zero-order valence-electron chi connectivity index (χ0n) is 17.3. The van der Waals surface area contributed by atoms with Crippen molar-refractivity contribution in [2.24, 2.45) is 11.8 Å². The van der Waals surface area contributed by atoms with Gasteiger partial charge in [-0.15, -0.1) is 6.58 Å². The van der Waals surface area contributed by atoms with Gasteiger partial charge in [-0.25, -0.2) is 0 Å². The highest BCUT2D eigenvalue weighted by Crippen LogP contribution is 2.33. The van der Waals surface area contributed by atoms with E-state index in [2.05, 4.69) is 19.7 Å². The lowest BCUT2D eigenvalue weighted by Gasteiger charge is -2.42. The molecule has 2 spiro atoms. The van der Waals surface area contributed by atoms with Crippen molar-refractivity contribution >= 4 is 0 Å². The van der Waals surface area contributed by atoms with Crippen LogP contribution in [0, 0.1) is 11.8 Å². The Morgan fingerprint density at radius 3 is 1.87 bits per heavy atom. The Hall–Kier alpha value is -1.36. The first-order valence-electron chi connectivity index (χ1n) is 10.3. The maximum Gasteiger partial charge on any atom is 0.413 e. The Morgan fingerprint density at radius 2 is 1.30 bits per heavy atom. The summed E-state index contributed by atoms with van der Waals surface area (Å²) >= 11 is 0. The summed E-state index contributed by atoms with van der Waals surface area (Å²) in [4.78, 5) is 0. The van der Waals surface area contributed by atoms with E-state index in [0.29, 0.717) is 52.9 Å². The molecule has 166 valence electrons. The lowest BCUT2D eigenvalue weighted by molar-refractivity contribution is -0.534. The van der Waals surface area contributed by atoms with E-state index in [-0.39, 0.29) is 11.8 Å². The van der Waals surface area contributed by atoms with Crippen LogP contribution < -0.4 is 0 Å². The molecule has 0 atom stereocenters. The van der Waals surface area contributed by atoms with Gasteiger partial charge in [0.15, 0.2) is 0 Å². The molecular formula is C22H30O8. The minimum Gasteiger partial charge on any atom is -0.303 e. The number of ether oxygens (including phenoxy) is 8. The summed E-state index contributed by atoms with van der Waals surface area (Å²) in [7, 11) is 0. The first-order valence-corrected chi connectivity index (χ1v) is 10.3. The molecule has 30 heavy (non-hydrogen) atoms. The molecule has 0 aromatic carbocycles. The lowest BCUT2D eigenvalue weighted by atomic mass is 9.99. The van der Waals surface area contributed by atoms with Crippen LogP contribution >= 0.6 is 0 Å². The fraction of sp³-hybridized carbons (Fsp3) is 0.636. The van der Waals surface area contributed by atoms with E-state index in [9.17, 15) is 0 Å². The molecule has 0 amide bonds. The van der Waals surface area contributed by atoms with Gasteiger partial charge in [-0.05, 0) is 24.0 Å². The molecule has 0 radical (unpaired) electrons. The van der Waals surface area contributed by atoms with Crippen molar-refractivity contribution < 1.29 is 37.9 Å². The largest absolute Gasteiger partial charge is 0.413 e. The maximum atomic E-state index is 5.78. The maximum absolute atomic E-state index is 5.78. The highest BCUT2D eigenvalue weighted by molar-refractivity contribution is 5.22. The van der Waals surface area contributed by atoms with Gasteiger partial charge in [0.1, 0.15) is 0 Å². The number of hydrogen-bond donors (Lipinski definition) is 0. The Labute approximate surface area is 177 Å². The Morgan fingerprint density at radius 1 is 0.800 bits per heavy atom. The third-order valence-electron chi connectivity index (χ3n) is 5.22. The zero-order valence-corrected chi connectivity index (χ0v) is 17.3. The lowest BCUT2D eigenvalue weighted by Crippen LogP contribution is -2.53. The van der Waals surface area contributed by atoms with E-state index in [0.717, 1.165) is 29.6 Å². The molecule has 0 saturated carbocycles. The molecule has 0 unspecified atom stereocenters. The second-order valence-electron chi connectivity index (χ2n) is 8.07. The Kier molecular flexibility index (Phi) is 6.86. The highest BCUT2D eigenvalue weighted by atomic mass is 17.0. The van der Waals surface area contributed by atoms with Crippen LogP contribution in [-0.4, -0.2) is 65.2 Å². The van der Waals surface area contributed by atoms with Gasteiger partial charge in [0.2, 0.25) is 0 Å². The molecular weight excluding hydrogens is 392 g/mol. The van der Waals surface area contributed by atoms with Crippen LogP contribution in [-0.2, 0) is 37.9 Å². The molecule has 8 heteroatoms. The van der Waals surface area contributed by atoms with Gasteiger partial charge in [0.25, 0.3) is 0 Å². The van der Waals surface area contributed by atoms with E-state index >= 15 is 0 Å². The van der Waals surface area contributed by atoms with E-state index in [1.807, 2.05) is 12.2 Å². The van der Waals surface area contributed by atoms with Crippen molar-refractivity contribution in [2.75, 3.05) is 52.9 Å². The van der Waals surface area contributed by atoms with Gasteiger partial charge < -0.3 is 18.9 Å². The average Bonchev–Trinajstić information content (AvgIpc) is 2.76. The monoisotopic (exact) mass is 422 g/mol. The summed E-state index contributed by atoms with van der Waals surface area (Å²) in [5.74, 6) is 0.442. The van der Waals surface area contributed by atoms with Crippen LogP contribution in [0.3, 0.4) is 0 Å². The normalized spacial score (nSPS) is 34.1. The first-order chi connectivity index (χ1) is 14.5. The molecule has 8 nitrogen and oxygen atoms in total. The number of rotatable bonds is 5. The zero-order chi connectivity index (χ0) is 21.0. The van der Waals surface area contributed by atoms with Crippen LogP contribution in [0.25, 0.3) is 0 Å². The summed E-state index contributed by atoms with van der Waals surface area (Å²) in [6, 6.07) is 0. The van der Waals surface area contributed by atoms with Gasteiger partial charge in [0, 0.05) is 11.8 Å². The summed E-state index contributed by atoms with van der Waals surface area (Å²) in [6.07, 6.45) is 2.63. The molecule has 0 aliphatic carbocycles. The van der Waals surface area contributed by atoms with Crippen LogP contribution in [0.2, 0.25) is 0 Å². The summed E-state index contributed by atoms with van der Waals surface area (Å²) in [5.41, 5.74) is 2.75. The quantitative estimate of drug-likeness (QED) is 0.626. The van der Waals surface area contributed by atoms with Crippen molar-refractivity contribution in [1.29, 1.82) is 0 Å². The minimum absolute atomic E-state index is 0.158. The fourth-order valence-electron chi connectivity index (χ4n) is 3.59. The van der Waals surface area contributed by atoms with Crippen molar-refractivity contribution in [2.45, 2.75) is 25.2 Å². The van der Waals surface area contributed by atoms with Crippen LogP contribution in [0.4, 0.5) is 0 Å². The second-order valence-corrected chi connectivity index (χ2v) is 8.07. The number of hydrogen-bond acceptors (Lipinski definition) is 8. The molecule has 0 bridgehead atoms. The van der Waals surface area contributed by atoms with Crippen LogP contribution in [0.5, 0.6) is 0 Å². The number of allylic oxidation sites excluding steroid dienone is 3. The minimum atomic E-state index is -1.41. The third kappa shape index (κ3) is 5.27. The Bertz CT molecular complexity index is 659.